The Morgan fingerprint density at radius 2 is 1.88 bits per heavy atom. The van der Waals surface area contributed by atoms with E-state index in [0.29, 0.717) is 11.3 Å². The van der Waals surface area contributed by atoms with E-state index in [2.05, 4.69) is 15.0 Å². The van der Waals surface area contributed by atoms with Gasteiger partial charge in [0.15, 0.2) is 0 Å². The van der Waals surface area contributed by atoms with Crippen LogP contribution in [-0.2, 0) is 4.74 Å². The van der Waals surface area contributed by atoms with Crippen molar-refractivity contribution in [3.05, 3.63) is 71.0 Å². The van der Waals surface area contributed by atoms with Crippen molar-refractivity contribution in [2.75, 3.05) is 12.4 Å². The molecule has 0 saturated carbocycles. The minimum absolute atomic E-state index is 0.196. The molecule has 0 atom stereocenters. The lowest BCUT2D eigenvalue weighted by atomic mass is 10.1. The maximum absolute atomic E-state index is 12.4. The van der Waals surface area contributed by atoms with Gasteiger partial charge in [-0.2, -0.15) is 0 Å². The normalized spacial score (nSPS) is 10.4. The summed E-state index contributed by atoms with van der Waals surface area (Å²) in [5, 5.41) is 4.57. The second-order valence-electron chi connectivity index (χ2n) is 5.05. The van der Waals surface area contributed by atoms with E-state index in [9.17, 15) is 9.59 Å². The summed E-state index contributed by atoms with van der Waals surface area (Å²) in [4.78, 5) is 28.1. The van der Waals surface area contributed by atoms with Gasteiger partial charge in [-0.05, 0) is 29.7 Å². The van der Waals surface area contributed by atoms with Crippen molar-refractivity contribution in [3.8, 4) is 0 Å². The highest BCUT2D eigenvalue weighted by molar-refractivity contribution is 6.34. The van der Waals surface area contributed by atoms with Crippen LogP contribution in [0.5, 0.6) is 0 Å². The molecule has 120 valence electrons. The quantitative estimate of drug-likeness (QED) is 0.579. The van der Waals surface area contributed by atoms with Gasteiger partial charge in [-0.3, -0.25) is 4.79 Å². The molecular formula is C18H13ClN2O3. The van der Waals surface area contributed by atoms with Crippen molar-refractivity contribution in [1.82, 2.24) is 4.98 Å². The zero-order valence-corrected chi connectivity index (χ0v) is 13.5. The summed E-state index contributed by atoms with van der Waals surface area (Å²) in [6.07, 6.45) is 0. The van der Waals surface area contributed by atoms with E-state index in [1.165, 1.54) is 13.2 Å². The predicted molar refractivity (Wildman–Crippen MR) is 92.5 cm³/mol. The number of methoxy groups -OCH3 is 1. The maximum atomic E-state index is 12.4. The van der Waals surface area contributed by atoms with Crippen LogP contribution in [0.25, 0.3) is 10.8 Å². The van der Waals surface area contributed by atoms with Crippen LogP contribution < -0.4 is 5.32 Å². The number of anilines is 1. The van der Waals surface area contributed by atoms with E-state index in [1.54, 1.807) is 24.3 Å². The van der Waals surface area contributed by atoms with Gasteiger partial charge in [0, 0.05) is 11.1 Å². The Balaban J connectivity index is 1.89. The molecule has 6 heteroatoms. The van der Waals surface area contributed by atoms with Crippen molar-refractivity contribution in [2.24, 2.45) is 0 Å². The lowest BCUT2D eigenvalue weighted by Crippen LogP contribution is -2.14. The summed E-state index contributed by atoms with van der Waals surface area (Å²) < 4.78 is 4.66. The number of amides is 1. The van der Waals surface area contributed by atoms with Gasteiger partial charge in [-0.25, -0.2) is 9.78 Å². The molecular weight excluding hydrogens is 328 g/mol. The molecule has 1 N–H and O–H groups in total. The van der Waals surface area contributed by atoms with Gasteiger partial charge in [0.05, 0.1) is 12.7 Å². The molecule has 0 radical (unpaired) electrons. The van der Waals surface area contributed by atoms with Gasteiger partial charge in [0.2, 0.25) is 0 Å². The first-order valence-electron chi connectivity index (χ1n) is 7.13. The summed E-state index contributed by atoms with van der Waals surface area (Å²) >= 11 is 6.14. The molecule has 24 heavy (non-hydrogen) atoms. The molecule has 1 heterocycles. The summed E-state index contributed by atoms with van der Waals surface area (Å²) in [6, 6.07) is 15.5. The van der Waals surface area contributed by atoms with Crippen LogP contribution in [0.1, 0.15) is 20.8 Å². The number of benzene rings is 2. The Kier molecular flexibility index (Phi) is 4.44. The molecule has 0 bridgehead atoms. The van der Waals surface area contributed by atoms with Crippen LogP contribution in [0.4, 0.5) is 5.69 Å². The molecule has 3 rings (SSSR count). The summed E-state index contributed by atoms with van der Waals surface area (Å²) in [5.74, 6) is -0.886. The zero-order chi connectivity index (χ0) is 17.1. The van der Waals surface area contributed by atoms with E-state index < -0.39 is 11.9 Å². The molecule has 5 nitrogen and oxygen atoms in total. The number of pyridine rings is 1. The van der Waals surface area contributed by atoms with Crippen molar-refractivity contribution in [2.45, 2.75) is 0 Å². The fourth-order valence-corrected chi connectivity index (χ4v) is 2.57. The number of esters is 1. The van der Waals surface area contributed by atoms with Gasteiger partial charge < -0.3 is 10.1 Å². The van der Waals surface area contributed by atoms with Gasteiger partial charge >= 0.3 is 5.97 Å². The molecule has 1 aromatic heterocycles. The molecule has 0 aliphatic rings. The topological polar surface area (TPSA) is 68.3 Å². The SMILES string of the molecule is COC(=O)c1cccc(NC(=O)c2cc3ccccc3c(Cl)n2)c1. The van der Waals surface area contributed by atoms with Crippen molar-refractivity contribution < 1.29 is 14.3 Å². The van der Waals surface area contributed by atoms with E-state index in [-0.39, 0.29) is 10.8 Å². The van der Waals surface area contributed by atoms with Gasteiger partial charge in [0.1, 0.15) is 10.8 Å². The standard InChI is InChI=1S/C18H13ClN2O3/c1-24-18(23)12-6-4-7-13(9-12)20-17(22)15-10-11-5-2-3-8-14(11)16(19)21-15/h2-10H,1H3,(H,20,22). The number of nitrogens with zero attached hydrogens (tertiary/aromatic N) is 1. The summed E-state index contributed by atoms with van der Waals surface area (Å²) in [7, 11) is 1.30. The van der Waals surface area contributed by atoms with Gasteiger partial charge in [-0.15, -0.1) is 0 Å². The Morgan fingerprint density at radius 1 is 1.08 bits per heavy atom. The number of ether oxygens (including phenoxy) is 1. The molecule has 0 unspecified atom stereocenters. The van der Waals surface area contributed by atoms with Crippen molar-refractivity contribution in [3.63, 3.8) is 0 Å². The third-order valence-corrected chi connectivity index (χ3v) is 3.76. The van der Waals surface area contributed by atoms with E-state index in [1.807, 2.05) is 24.3 Å². The van der Waals surface area contributed by atoms with Crippen LogP contribution in [0.15, 0.2) is 54.6 Å². The number of carbonyl (C=O) groups excluding carboxylic acids is 2. The number of carbonyl (C=O) groups is 2. The monoisotopic (exact) mass is 340 g/mol. The van der Waals surface area contributed by atoms with Crippen LogP contribution in [0.3, 0.4) is 0 Å². The second kappa shape index (κ2) is 6.68. The maximum Gasteiger partial charge on any atom is 0.337 e. The largest absolute Gasteiger partial charge is 0.465 e. The highest BCUT2D eigenvalue weighted by Crippen LogP contribution is 2.23. The third-order valence-electron chi connectivity index (χ3n) is 3.47. The highest BCUT2D eigenvalue weighted by Gasteiger charge is 2.13. The first-order valence-corrected chi connectivity index (χ1v) is 7.51. The number of nitrogens with one attached hydrogen (secondary N) is 1. The Labute approximate surface area is 143 Å². The van der Waals surface area contributed by atoms with Gasteiger partial charge in [0.25, 0.3) is 5.91 Å². The number of rotatable bonds is 3. The average molecular weight is 341 g/mol. The van der Waals surface area contributed by atoms with E-state index >= 15 is 0 Å². The lowest BCUT2D eigenvalue weighted by Gasteiger charge is -2.08. The number of fused-ring (bicyclic) bond motifs is 1. The average Bonchev–Trinajstić information content (AvgIpc) is 2.61. The highest BCUT2D eigenvalue weighted by atomic mass is 35.5. The smallest absolute Gasteiger partial charge is 0.337 e. The summed E-state index contributed by atoms with van der Waals surface area (Å²) in [5.41, 5.74) is 1.01. The predicted octanol–water partition coefficient (Wildman–Crippen LogP) is 3.93. The number of halogens is 1. The molecule has 0 spiro atoms. The van der Waals surface area contributed by atoms with Crippen LogP contribution in [0.2, 0.25) is 5.15 Å². The number of aromatic nitrogens is 1. The minimum atomic E-state index is -0.474. The molecule has 2 aromatic carbocycles. The number of hydrogen-bond donors (Lipinski definition) is 1. The molecule has 0 fully saturated rings. The van der Waals surface area contributed by atoms with Crippen molar-refractivity contribution in [1.29, 1.82) is 0 Å². The lowest BCUT2D eigenvalue weighted by molar-refractivity contribution is 0.0600. The Bertz CT molecular complexity index is 940. The molecule has 0 aliphatic heterocycles. The fourth-order valence-electron chi connectivity index (χ4n) is 2.31. The van der Waals surface area contributed by atoms with Crippen molar-refractivity contribution >= 4 is 39.9 Å². The van der Waals surface area contributed by atoms with E-state index in [4.69, 9.17) is 11.6 Å². The summed E-state index contributed by atoms with van der Waals surface area (Å²) in [6.45, 7) is 0. The molecule has 1 amide bonds. The molecule has 0 aliphatic carbocycles. The zero-order valence-electron chi connectivity index (χ0n) is 12.7. The first-order chi connectivity index (χ1) is 11.6. The van der Waals surface area contributed by atoms with Crippen LogP contribution in [-0.4, -0.2) is 24.0 Å². The van der Waals surface area contributed by atoms with Crippen LogP contribution >= 0.6 is 11.6 Å². The Morgan fingerprint density at radius 3 is 2.67 bits per heavy atom. The third kappa shape index (κ3) is 3.21. The molecule has 3 aromatic rings. The number of hydrogen-bond acceptors (Lipinski definition) is 4. The Hall–Kier alpha value is -2.92. The second-order valence-corrected chi connectivity index (χ2v) is 5.40. The van der Waals surface area contributed by atoms with Gasteiger partial charge in [-0.1, -0.05) is 41.9 Å². The first kappa shape index (κ1) is 16.0. The fraction of sp³-hybridized carbons (Fsp3) is 0.0556. The molecule has 0 saturated heterocycles. The van der Waals surface area contributed by atoms with E-state index in [0.717, 1.165) is 10.8 Å². The minimum Gasteiger partial charge on any atom is -0.465 e. The van der Waals surface area contributed by atoms with Crippen LogP contribution in [0, 0.1) is 0 Å².